The molecule has 11 N–H and O–H groups in total. The Hall–Kier alpha value is -6.42. The minimum atomic E-state index is -1.34. The van der Waals surface area contributed by atoms with Crippen LogP contribution in [0.15, 0.2) is 90.6 Å². The van der Waals surface area contributed by atoms with Crippen LogP contribution in [0, 0.1) is 17.8 Å². The first-order valence-electron chi connectivity index (χ1n) is 32.1. The minimum Gasteiger partial charge on any atom is -0.507 e. The fourth-order valence-electron chi connectivity index (χ4n) is 15.2. The summed E-state index contributed by atoms with van der Waals surface area (Å²) in [6.07, 6.45) is 12.9. The first-order valence-corrected chi connectivity index (χ1v) is 32.1. The molecule has 87 heavy (non-hydrogen) atoms. The summed E-state index contributed by atoms with van der Waals surface area (Å²) in [5.74, 6) is 8.78. The monoisotopic (exact) mass is 1180 g/mol. The van der Waals surface area contributed by atoms with Crippen LogP contribution in [0.25, 0.3) is 28.1 Å². The third-order valence-electron chi connectivity index (χ3n) is 19.2. The number of aryl methyl sites for hydroxylation is 2. The molecule has 1 saturated carbocycles. The van der Waals surface area contributed by atoms with E-state index in [4.69, 9.17) is 18.9 Å². The number of hydrogen-bond donors (Lipinski definition) is 11. The highest BCUT2D eigenvalue weighted by molar-refractivity contribution is 5.90. The molecular formula is C72H89N5O10. The fraction of sp³-hybridized carbons (Fsp3) is 0.500. The fourth-order valence-corrected chi connectivity index (χ4v) is 15.2. The van der Waals surface area contributed by atoms with Crippen LogP contribution >= 0.6 is 0 Å². The van der Waals surface area contributed by atoms with E-state index in [1.54, 1.807) is 0 Å². The van der Waals surface area contributed by atoms with Gasteiger partial charge in [0.05, 0.1) is 25.5 Å². The molecule has 12 rings (SSSR count). The van der Waals surface area contributed by atoms with Crippen molar-refractivity contribution in [2.45, 2.75) is 171 Å². The van der Waals surface area contributed by atoms with Gasteiger partial charge in [0.25, 0.3) is 0 Å². The highest BCUT2D eigenvalue weighted by Gasteiger charge is 2.55. The van der Waals surface area contributed by atoms with Crippen molar-refractivity contribution >= 4 is 17.0 Å². The zero-order chi connectivity index (χ0) is 60.2. The lowest BCUT2D eigenvalue weighted by Gasteiger charge is -2.50. The molecule has 6 aromatic rings. The standard InChI is InChI=1S/C72H89N5O10/c1-44(2)36-71(3,83)41-74-42-76-63-20-10-19-52(39-79)85-62-34-49(32-48(67(62)82)16-12-30-78)70-72(63,84-43-77-51-17-8-5-9-18-51)37-59-56-35-58-64(47-21-25-60-46(31-47)27-29-75-60)50(38-73-28-11-15-45-13-6-4-7-14-45)33-57-61(81)26-24-54(65(57)58)66(56)69-55(68(59)87-70)23-22-53(40-80)86-69/h4,6-7,13-14,21,24-27,29,31-34,44,51-53,58,63-64,70,73-83H,5,8-9,11-12,15-19,22-23,28,30,35-43H2,1-3H3. The van der Waals surface area contributed by atoms with Gasteiger partial charge >= 0.3 is 0 Å². The van der Waals surface area contributed by atoms with Crippen LogP contribution in [-0.4, -0.2) is 124 Å². The molecule has 5 aromatic carbocycles. The molecule has 0 saturated heterocycles. The molecule has 2 bridgehead atoms. The molecule has 462 valence electrons. The summed E-state index contributed by atoms with van der Waals surface area (Å²) in [7, 11) is 0. The lowest BCUT2D eigenvalue weighted by Crippen LogP contribution is -2.62. The van der Waals surface area contributed by atoms with Gasteiger partial charge in [0.1, 0.15) is 41.1 Å². The Morgan fingerprint density at radius 3 is 2.47 bits per heavy atom. The number of aromatic hydroxyl groups is 2. The maximum absolute atomic E-state index is 12.2. The van der Waals surface area contributed by atoms with E-state index in [0.717, 1.165) is 94.9 Å². The van der Waals surface area contributed by atoms with Crippen LogP contribution in [0.2, 0.25) is 0 Å². The number of ether oxygens (including phenoxy) is 4. The van der Waals surface area contributed by atoms with Gasteiger partial charge in [-0.25, -0.2) is 0 Å². The molecule has 1 fully saturated rings. The molecule has 3 aliphatic carbocycles. The molecular weight excluding hydrogens is 1090 g/mol. The summed E-state index contributed by atoms with van der Waals surface area (Å²) in [5.41, 5.74) is 10.3. The quantitative estimate of drug-likeness (QED) is 0.0163. The Morgan fingerprint density at radius 1 is 0.828 bits per heavy atom. The first-order chi connectivity index (χ1) is 42.3. The molecule has 0 radical (unpaired) electrons. The number of fused-ring (bicyclic) bond motifs is 12. The van der Waals surface area contributed by atoms with Crippen LogP contribution in [0.4, 0.5) is 0 Å². The molecule has 4 heterocycles. The number of nitrogens with one attached hydrogen (secondary N) is 5. The van der Waals surface area contributed by atoms with Gasteiger partial charge in [0, 0.05) is 85.1 Å². The first kappa shape index (κ1) is 60.8. The summed E-state index contributed by atoms with van der Waals surface area (Å²) in [6, 6.07) is 26.6. The normalized spacial score (nSPS) is 23.7. The van der Waals surface area contributed by atoms with E-state index in [2.05, 4.69) is 119 Å². The Kier molecular flexibility index (Phi) is 18.7. The topological polar surface area (TPSA) is 222 Å². The third-order valence-corrected chi connectivity index (χ3v) is 19.2. The second-order valence-corrected chi connectivity index (χ2v) is 26.1. The van der Waals surface area contributed by atoms with Crippen LogP contribution in [0.1, 0.15) is 153 Å². The van der Waals surface area contributed by atoms with E-state index >= 15 is 0 Å². The number of hydrogen-bond acceptors (Lipinski definition) is 14. The van der Waals surface area contributed by atoms with Gasteiger partial charge in [-0.2, -0.15) is 0 Å². The number of aromatic amines is 1. The van der Waals surface area contributed by atoms with E-state index in [0.29, 0.717) is 80.7 Å². The van der Waals surface area contributed by atoms with E-state index in [9.17, 15) is 30.6 Å². The maximum atomic E-state index is 12.2. The predicted molar refractivity (Wildman–Crippen MR) is 340 cm³/mol. The molecule has 8 unspecified atom stereocenters. The van der Waals surface area contributed by atoms with Crippen molar-refractivity contribution in [1.29, 1.82) is 0 Å². The van der Waals surface area contributed by atoms with Gasteiger partial charge in [0.2, 0.25) is 0 Å². The van der Waals surface area contributed by atoms with E-state index in [1.165, 1.54) is 23.1 Å². The molecule has 15 heteroatoms. The van der Waals surface area contributed by atoms with Crippen molar-refractivity contribution in [3.05, 3.63) is 141 Å². The van der Waals surface area contributed by atoms with Crippen LogP contribution in [-0.2, 0) is 36.8 Å². The van der Waals surface area contributed by atoms with Gasteiger partial charge in [-0.3, -0.25) is 10.6 Å². The molecule has 6 aliphatic rings. The van der Waals surface area contributed by atoms with Gasteiger partial charge in [-0.1, -0.05) is 87.4 Å². The Labute approximate surface area is 512 Å². The van der Waals surface area contributed by atoms with Crippen molar-refractivity contribution in [2.24, 2.45) is 5.92 Å². The zero-order valence-corrected chi connectivity index (χ0v) is 50.9. The number of aliphatic hydroxyl groups excluding tert-OH is 3. The largest absolute Gasteiger partial charge is 0.507 e. The summed E-state index contributed by atoms with van der Waals surface area (Å²) in [5, 5.41) is 83.9. The summed E-state index contributed by atoms with van der Waals surface area (Å²) >= 11 is 0. The van der Waals surface area contributed by atoms with E-state index < -0.39 is 35.6 Å². The number of phenolic OH excluding ortho intramolecular Hbond substituents is 2. The molecule has 1 aromatic heterocycles. The summed E-state index contributed by atoms with van der Waals surface area (Å²) in [6.45, 7) is 7.62. The van der Waals surface area contributed by atoms with Crippen LogP contribution in [0.3, 0.4) is 0 Å². The summed E-state index contributed by atoms with van der Waals surface area (Å²) < 4.78 is 29.3. The maximum Gasteiger partial charge on any atom is 0.162 e. The van der Waals surface area contributed by atoms with Gasteiger partial charge in [-0.15, -0.1) is 0 Å². The Morgan fingerprint density at radius 2 is 1.67 bits per heavy atom. The predicted octanol–water partition coefficient (Wildman–Crippen LogP) is 9.66. The van der Waals surface area contributed by atoms with Crippen molar-refractivity contribution < 1.29 is 49.6 Å². The lowest BCUT2D eigenvalue weighted by molar-refractivity contribution is -0.144. The lowest BCUT2D eigenvalue weighted by atomic mass is 9.62. The molecule has 0 amide bonds. The number of H-pyrrole nitrogens is 1. The highest BCUT2D eigenvalue weighted by atomic mass is 16.6. The number of aromatic nitrogens is 1. The van der Waals surface area contributed by atoms with Gasteiger partial charge in [0.15, 0.2) is 17.6 Å². The van der Waals surface area contributed by atoms with E-state index in [-0.39, 0.29) is 80.7 Å². The van der Waals surface area contributed by atoms with Crippen molar-refractivity contribution in [3.63, 3.8) is 0 Å². The number of phenols is 2. The van der Waals surface area contributed by atoms with Crippen LogP contribution < -0.4 is 35.5 Å². The minimum absolute atomic E-state index is 0.0701. The zero-order valence-electron chi connectivity index (χ0n) is 50.9. The third kappa shape index (κ3) is 12.8. The Balaban J connectivity index is 1.05. The Bertz CT molecular complexity index is 3490. The molecule has 0 spiro atoms. The van der Waals surface area contributed by atoms with Crippen molar-refractivity contribution in [1.82, 2.24) is 26.3 Å². The van der Waals surface area contributed by atoms with Crippen molar-refractivity contribution in [3.8, 4) is 51.7 Å². The number of benzene rings is 5. The van der Waals surface area contributed by atoms with Gasteiger partial charge < -0.3 is 65.2 Å². The molecule has 8 atom stereocenters. The van der Waals surface area contributed by atoms with Crippen molar-refractivity contribution in [2.75, 3.05) is 52.9 Å². The average molecular weight is 1180 g/mol. The van der Waals surface area contributed by atoms with Crippen LogP contribution in [0.5, 0.6) is 28.7 Å². The smallest absolute Gasteiger partial charge is 0.162 e. The SMILES string of the molecule is CC(C)CC(C)(O)CNCNC1C#CCC(CO)Oc2cc(cc(CCCO)c2O)C2Oc3c(c4c(c5c3CCC(CO)O5)-c3ccc(O)c5c3C(C4)C(c3ccc4[nH]ccc4c3)C(CNCCCc3ccccc3)=C5)CC12OCNC1CCCCC1. The van der Waals surface area contributed by atoms with Gasteiger partial charge in [-0.05, 0) is 182 Å². The van der Waals surface area contributed by atoms with E-state index in [1.807, 2.05) is 31.3 Å². The average Bonchev–Trinajstić information content (AvgIpc) is 0.816. The second kappa shape index (κ2) is 26.7. The molecule has 15 nitrogen and oxygen atoms in total. The second-order valence-electron chi connectivity index (χ2n) is 26.1. The number of aliphatic hydroxyl groups is 4. The summed E-state index contributed by atoms with van der Waals surface area (Å²) in [4.78, 5) is 3.42. The number of rotatable bonds is 23. The highest BCUT2D eigenvalue weighted by Crippen LogP contribution is 2.62. The molecule has 3 aliphatic heterocycles.